The minimum absolute atomic E-state index is 0.881. The summed E-state index contributed by atoms with van der Waals surface area (Å²) in [6.07, 6.45) is 0. The molecule has 7 heteroatoms. The van der Waals surface area contributed by atoms with Crippen molar-refractivity contribution >= 4 is 187 Å². The third-order valence-electron chi connectivity index (χ3n) is 18.2. The van der Waals surface area contributed by atoms with Gasteiger partial charge in [0.05, 0.1) is 0 Å². The first-order valence-corrected chi connectivity index (χ1v) is 32.1. The van der Waals surface area contributed by atoms with Crippen LogP contribution >= 0.6 is 0 Å². The molecule has 1 unspecified atom stereocenters. The molecule has 7 heterocycles. The van der Waals surface area contributed by atoms with Gasteiger partial charge in [0.2, 0.25) is 0 Å². The molecule has 0 radical (unpaired) electrons. The van der Waals surface area contributed by atoms with Crippen LogP contribution in [0.3, 0.4) is 0 Å². The molecule has 4 aliphatic heterocycles. The molecular formula is C71H39GeN3O3. The number of rotatable bonds is 2. The summed E-state index contributed by atoms with van der Waals surface area (Å²) >= 11 is -3.78. The molecule has 20 rings (SSSR count). The van der Waals surface area contributed by atoms with Gasteiger partial charge in [0, 0.05) is 0 Å². The summed E-state index contributed by atoms with van der Waals surface area (Å²) in [7, 11) is 0. The second-order valence-electron chi connectivity index (χ2n) is 22.1. The predicted octanol–water partition coefficient (Wildman–Crippen LogP) is 18.4. The Morgan fingerprint density at radius 1 is 0.295 bits per heavy atom. The molecule has 0 bridgehead atoms. The Morgan fingerprint density at radius 2 is 0.731 bits per heavy atom. The normalized spacial score (nSPS) is 15.7. The fourth-order valence-corrected chi connectivity index (χ4v) is 25.6. The topological polar surface area (TPSA) is 49.1 Å². The second kappa shape index (κ2) is 13.8. The zero-order valence-electron chi connectivity index (χ0n) is 41.9. The summed E-state index contributed by atoms with van der Waals surface area (Å²) in [5, 5.41) is 16.4. The summed E-state index contributed by atoms with van der Waals surface area (Å²) in [5.74, 6) is 2.70. The van der Waals surface area contributed by atoms with Crippen molar-refractivity contribution in [3.8, 4) is 11.1 Å². The van der Waals surface area contributed by atoms with Crippen molar-refractivity contribution in [2.45, 2.75) is 5.76 Å². The number of hydrogen-bond donors (Lipinski definition) is 0. The average molecular weight is 1050 g/mol. The van der Waals surface area contributed by atoms with Crippen LogP contribution < -0.4 is 27.9 Å². The molecule has 3 aromatic heterocycles. The summed E-state index contributed by atoms with van der Waals surface area (Å²) in [4.78, 5) is 7.84. The number of fused-ring (bicyclic) bond motifs is 17. The van der Waals surface area contributed by atoms with E-state index in [9.17, 15) is 0 Å². The summed E-state index contributed by atoms with van der Waals surface area (Å²) in [5.41, 5.74) is 18.7. The number of nitrogens with zero attached hydrogens (tertiary/aromatic N) is 3. The van der Waals surface area contributed by atoms with Gasteiger partial charge in [-0.15, -0.1) is 0 Å². The maximum atomic E-state index is 6.87. The Labute approximate surface area is 447 Å². The van der Waals surface area contributed by atoms with E-state index >= 15 is 0 Å². The van der Waals surface area contributed by atoms with Crippen molar-refractivity contribution in [2.24, 2.45) is 0 Å². The predicted molar refractivity (Wildman–Crippen MR) is 325 cm³/mol. The summed E-state index contributed by atoms with van der Waals surface area (Å²) < 4.78 is 24.6. The standard InChI is InChI=1S/C71H39GeN3O3/c1-72-68-54-19-9-21-56(68)74(46-24-27-60-51(37-46)49-30-39-12-3-6-15-42(39)34-63(49)77-60)58-32-44-17-8-18-47-65(44)71(70(58)72)75(53-25-28-61-67(66(47)53)52-31-40-13-4-7-16-43(40)35-64(52)78-61)57-22-10-20-55(69(57)72)73(54)45-23-26-59-50(36-45)48-29-38-11-2-5-14-41(38)33-62(48)76-59/h2-37H,1H3. The van der Waals surface area contributed by atoms with Crippen molar-refractivity contribution in [1.29, 1.82) is 0 Å². The Kier molecular flexibility index (Phi) is 7.17. The van der Waals surface area contributed by atoms with E-state index in [2.05, 4.69) is 239 Å². The molecule has 0 fully saturated rings. The molecule has 16 aromatic rings. The molecule has 1 atom stereocenters. The van der Waals surface area contributed by atoms with Crippen LogP contribution in [0, 0.1) is 0 Å². The average Bonchev–Trinajstić information content (AvgIpc) is 1.65. The molecule has 0 N–H and O–H groups in total. The van der Waals surface area contributed by atoms with Crippen molar-refractivity contribution in [3.63, 3.8) is 0 Å². The molecule has 0 saturated carbocycles. The van der Waals surface area contributed by atoms with Gasteiger partial charge in [0.1, 0.15) is 0 Å². The van der Waals surface area contributed by atoms with Gasteiger partial charge >= 0.3 is 450 Å². The van der Waals surface area contributed by atoms with Gasteiger partial charge in [-0.3, -0.25) is 0 Å². The van der Waals surface area contributed by atoms with E-state index in [1.165, 1.54) is 107 Å². The molecule has 360 valence electrons. The van der Waals surface area contributed by atoms with Gasteiger partial charge in [-0.2, -0.15) is 0 Å². The molecule has 78 heavy (non-hydrogen) atoms. The fraction of sp³-hybridized carbons (Fsp3) is 0.0141. The minimum atomic E-state index is -3.78. The fourth-order valence-electron chi connectivity index (χ4n) is 15.1. The van der Waals surface area contributed by atoms with E-state index in [0.717, 1.165) is 77.2 Å². The van der Waals surface area contributed by atoms with Crippen LogP contribution in [0.2, 0.25) is 5.76 Å². The molecule has 0 amide bonds. The number of anilines is 9. The molecule has 4 aliphatic rings. The first kappa shape index (κ1) is 40.5. The van der Waals surface area contributed by atoms with E-state index in [-0.39, 0.29) is 0 Å². The van der Waals surface area contributed by atoms with Gasteiger partial charge in [0.25, 0.3) is 0 Å². The van der Waals surface area contributed by atoms with E-state index in [1.807, 2.05) is 0 Å². The SMILES string of the molecule is [CH3][Ge]12[c]3c4cccc3N(c3ccc5oc6cc7ccccc7cc6c5c3)c3cc5cccc6c5c([c]31)N(c1cccc([c]12)N4c1ccc2oc3cc4ccccc4cc3c2c1)c1ccc2oc3cc4ccccc4cc3c2c1-6. The van der Waals surface area contributed by atoms with Crippen molar-refractivity contribution < 1.29 is 13.3 Å². The molecule has 13 aromatic carbocycles. The van der Waals surface area contributed by atoms with Crippen molar-refractivity contribution in [3.05, 3.63) is 218 Å². The van der Waals surface area contributed by atoms with Gasteiger partial charge in [-0.25, -0.2) is 0 Å². The maximum absolute atomic E-state index is 6.87. The van der Waals surface area contributed by atoms with Gasteiger partial charge < -0.3 is 0 Å². The molecule has 0 aliphatic carbocycles. The van der Waals surface area contributed by atoms with Crippen LogP contribution in [0.5, 0.6) is 0 Å². The number of furan rings is 3. The first-order chi connectivity index (χ1) is 38.5. The Bertz CT molecular complexity index is 5530. The Balaban J connectivity index is 0.919. The Hall–Kier alpha value is -9.76. The second-order valence-corrected chi connectivity index (χ2v) is 30.0. The van der Waals surface area contributed by atoms with Crippen LogP contribution in [0.1, 0.15) is 0 Å². The van der Waals surface area contributed by atoms with Crippen LogP contribution in [-0.4, -0.2) is 13.3 Å². The monoisotopic (exact) mass is 1060 g/mol. The van der Waals surface area contributed by atoms with Crippen LogP contribution in [-0.2, 0) is 0 Å². The van der Waals surface area contributed by atoms with Gasteiger partial charge in [-0.1, -0.05) is 0 Å². The summed E-state index contributed by atoms with van der Waals surface area (Å²) in [6.45, 7) is 0. The van der Waals surface area contributed by atoms with E-state index < -0.39 is 13.3 Å². The van der Waals surface area contributed by atoms with Crippen molar-refractivity contribution in [2.75, 3.05) is 14.7 Å². The number of benzene rings is 13. The van der Waals surface area contributed by atoms with Crippen molar-refractivity contribution in [1.82, 2.24) is 0 Å². The van der Waals surface area contributed by atoms with E-state index in [1.54, 1.807) is 0 Å². The zero-order chi connectivity index (χ0) is 50.4. The van der Waals surface area contributed by atoms with Crippen LogP contribution in [0.25, 0.3) is 120 Å². The molecular weight excluding hydrogens is 1020 g/mol. The van der Waals surface area contributed by atoms with Gasteiger partial charge in [-0.05, 0) is 0 Å². The zero-order valence-corrected chi connectivity index (χ0v) is 43.9. The van der Waals surface area contributed by atoms with E-state index in [0.29, 0.717) is 0 Å². The van der Waals surface area contributed by atoms with Crippen LogP contribution in [0.15, 0.2) is 232 Å². The number of hydrogen-bond acceptors (Lipinski definition) is 6. The van der Waals surface area contributed by atoms with E-state index in [4.69, 9.17) is 13.3 Å². The quantitative estimate of drug-likeness (QED) is 0.161. The third kappa shape index (κ3) is 4.81. The van der Waals surface area contributed by atoms with Gasteiger partial charge in [0.15, 0.2) is 0 Å². The first-order valence-electron chi connectivity index (χ1n) is 26.9. The third-order valence-corrected chi connectivity index (χ3v) is 27.7. The molecule has 6 nitrogen and oxygen atoms in total. The molecule has 0 saturated heterocycles. The molecule has 0 spiro atoms. The summed E-state index contributed by atoms with van der Waals surface area (Å²) in [6, 6.07) is 81.2. The van der Waals surface area contributed by atoms with Crippen LogP contribution in [0.4, 0.5) is 51.2 Å². The Morgan fingerprint density at radius 3 is 1.29 bits per heavy atom.